The van der Waals surface area contributed by atoms with E-state index < -0.39 is 5.60 Å². The Morgan fingerprint density at radius 2 is 1.80 bits per heavy atom. The van der Waals surface area contributed by atoms with Gasteiger partial charge in [0, 0.05) is 5.92 Å². The van der Waals surface area contributed by atoms with Crippen LogP contribution in [0.15, 0.2) is 5.18 Å². The molecule has 3 nitrogen and oxygen atoms in total. The summed E-state index contributed by atoms with van der Waals surface area (Å²) >= 11 is 0. The first-order chi connectivity index (χ1) is 4.39. The third kappa shape index (κ3) is 2.43. The zero-order valence-electron chi connectivity index (χ0n) is 6.96. The lowest BCUT2D eigenvalue weighted by Crippen LogP contribution is -2.34. The second-order valence-corrected chi connectivity index (χ2v) is 3.29. The molecule has 10 heavy (non-hydrogen) atoms. The van der Waals surface area contributed by atoms with Gasteiger partial charge in [0.1, 0.15) is 0 Å². The van der Waals surface area contributed by atoms with Crippen LogP contribution in [-0.4, -0.2) is 16.7 Å². The van der Waals surface area contributed by atoms with Gasteiger partial charge in [-0.2, -0.15) is 4.91 Å². The third-order valence-electron chi connectivity index (χ3n) is 2.00. The van der Waals surface area contributed by atoms with Crippen LogP contribution >= 0.6 is 0 Å². The van der Waals surface area contributed by atoms with E-state index in [9.17, 15) is 10.0 Å². The summed E-state index contributed by atoms with van der Waals surface area (Å²) in [6.45, 7) is 6.88. The Bertz CT molecular complexity index is 117. The average molecular weight is 145 g/mol. The van der Waals surface area contributed by atoms with E-state index in [-0.39, 0.29) is 12.0 Å². The van der Waals surface area contributed by atoms with Crippen molar-refractivity contribution in [2.45, 2.75) is 39.3 Å². The predicted octanol–water partition coefficient (Wildman–Crippen LogP) is 1.55. The molecule has 0 rings (SSSR count). The third-order valence-corrected chi connectivity index (χ3v) is 2.00. The molecule has 0 aliphatic rings. The van der Waals surface area contributed by atoms with Gasteiger partial charge in [-0.1, -0.05) is 12.1 Å². The normalized spacial score (nSPS) is 18.1. The predicted molar refractivity (Wildman–Crippen MR) is 40.7 cm³/mol. The standard InChI is InChI=1S/C7H15NO2/c1-5(6(2)8-10)7(3,4)9/h5-6,9H,1-4H3. The van der Waals surface area contributed by atoms with Gasteiger partial charge in [0.25, 0.3) is 0 Å². The summed E-state index contributed by atoms with van der Waals surface area (Å²) in [4.78, 5) is 10.0. The molecule has 3 heteroatoms. The van der Waals surface area contributed by atoms with E-state index in [0.717, 1.165) is 0 Å². The molecule has 0 radical (unpaired) electrons. The Balaban J connectivity index is 4.07. The van der Waals surface area contributed by atoms with Gasteiger partial charge in [-0.15, -0.1) is 0 Å². The maximum Gasteiger partial charge on any atom is 0.0944 e. The van der Waals surface area contributed by atoms with Gasteiger partial charge in [0.05, 0.1) is 11.6 Å². The summed E-state index contributed by atoms with van der Waals surface area (Å²) in [7, 11) is 0. The van der Waals surface area contributed by atoms with Gasteiger partial charge in [-0.25, -0.2) is 0 Å². The minimum Gasteiger partial charge on any atom is -0.390 e. The fraction of sp³-hybridized carbons (Fsp3) is 1.00. The average Bonchev–Trinajstić information content (AvgIpc) is 1.83. The molecule has 0 heterocycles. The van der Waals surface area contributed by atoms with Crippen LogP contribution in [0.4, 0.5) is 0 Å². The summed E-state index contributed by atoms with van der Waals surface area (Å²) in [5, 5.41) is 12.2. The molecule has 0 aromatic heterocycles. The molecule has 0 saturated carbocycles. The molecule has 1 N–H and O–H groups in total. The second kappa shape index (κ2) is 3.10. The highest BCUT2D eigenvalue weighted by Crippen LogP contribution is 2.20. The first-order valence-corrected chi connectivity index (χ1v) is 3.44. The van der Waals surface area contributed by atoms with E-state index in [1.54, 1.807) is 20.8 Å². The van der Waals surface area contributed by atoms with E-state index in [1.165, 1.54) is 0 Å². The topological polar surface area (TPSA) is 49.7 Å². The number of nitroso groups, excluding NO2 is 1. The Morgan fingerprint density at radius 3 is 1.90 bits per heavy atom. The Labute approximate surface area is 61.4 Å². The van der Waals surface area contributed by atoms with Gasteiger partial charge < -0.3 is 5.11 Å². The maximum absolute atomic E-state index is 10.0. The number of hydrogen-bond acceptors (Lipinski definition) is 3. The van der Waals surface area contributed by atoms with Crippen molar-refractivity contribution in [1.82, 2.24) is 0 Å². The monoisotopic (exact) mass is 145 g/mol. The quantitative estimate of drug-likeness (QED) is 0.612. The number of aliphatic hydroxyl groups is 1. The number of nitrogens with zero attached hydrogens (tertiary/aromatic N) is 1. The van der Waals surface area contributed by atoms with E-state index in [0.29, 0.717) is 0 Å². The smallest absolute Gasteiger partial charge is 0.0944 e. The second-order valence-electron chi connectivity index (χ2n) is 3.29. The summed E-state index contributed by atoms with van der Waals surface area (Å²) < 4.78 is 0. The molecule has 0 bridgehead atoms. The van der Waals surface area contributed by atoms with Crippen molar-refractivity contribution in [3.8, 4) is 0 Å². The van der Waals surface area contributed by atoms with Crippen LogP contribution < -0.4 is 0 Å². The number of rotatable bonds is 3. The molecule has 0 spiro atoms. The van der Waals surface area contributed by atoms with E-state index in [2.05, 4.69) is 5.18 Å². The molecule has 0 amide bonds. The van der Waals surface area contributed by atoms with E-state index in [1.807, 2.05) is 6.92 Å². The molecule has 0 fully saturated rings. The van der Waals surface area contributed by atoms with Crippen molar-refractivity contribution < 1.29 is 5.11 Å². The van der Waals surface area contributed by atoms with Crippen LogP contribution in [0.1, 0.15) is 27.7 Å². The fourth-order valence-corrected chi connectivity index (χ4v) is 0.682. The molecule has 0 aromatic carbocycles. The van der Waals surface area contributed by atoms with Gasteiger partial charge in [-0.3, -0.25) is 0 Å². The fourth-order valence-electron chi connectivity index (χ4n) is 0.682. The molecule has 0 saturated heterocycles. The molecule has 0 aliphatic heterocycles. The summed E-state index contributed by atoms with van der Waals surface area (Å²) in [5.74, 6) is -0.0926. The Morgan fingerprint density at radius 1 is 1.40 bits per heavy atom. The van der Waals surface area contributed by atoms with Gasteiger partial charge in [0.2, 0.25) is 0 Å². The van der Waals surface area contributed by atoms with Crippen LogP contribution in [0, 0.1) is 10.8 Å². The minimum absolute atomic E-state index is 0.0926. The lowest BCUT2D eigenvalue weighted by Gasteiger charge is -2.26. The van der Waals surface area contributed by atoms with Crippen molar-refractivity contribution in [1.29, 1.82) is 0 Å². The molecule has 0 aromatic rings. The lowest BCUT2D eigenvalue weighted by molar-refractivity contribution is 0.0166. The number of hydrogen-bond donors (Lipinski definition) is 1. The Hall–Kier alpha value is -0.440. The zero-order valence-corrected chi connectivity index (χ0v) is 6.96. The van der Waals surface area contributed by atoms with E-state index in [4.69, 9.17) is 0 Å². The van der Waals surface area contributed by atoms with Crippen LogP contribution in [-0.2, 0) is 0 Å². The largest absolute Gasteiger partial charge is 0.390 e. The summed E-state index contributed by atoms with van der Waals surface area (Å²) in [6.07, 6.45) is 0. The van der Waals surface area contributed by atoms with Crippen LogP contribution in [0.2, 0.25) is 0 Å². The van der Waals surface area contributed by atoms with Crippen LogP contribution in [0.3, 0.4) is 0 Å². The first kappa shape index (κ1) is 9.56. The van der Waals surface area contributed by atoms with Crippen molar-refractivity contribution in [2.24, 2.45) is 11.1 Å². The van der Waals surface area contributed by atoms with Crippen molar-refractivity contribution in [3.05, 3.63) is 4.91 Å². The minimum atomic E-state index is -0.812. The van der Waals surface area contributed by atoms with Crippen LogP contribution in [0.5, 0.6) is 0 Å². The highest BCUT2D eigenvalue weighted by atomic mass is 16.3. The molecule has 2 unspecified atom stereocenters. The highest BCUT2D eigenvalue weighted by Gasteiger charge is 2.27. The molecule has 60 valence electrons. The highest BCUT2D eigenvalue weighted by molar-refractivity contribution is 4.81. The molecular formula is C7H15NO2. The zero-order chi connectivity index (χ0) is 8.36. The molecule has 2 atom stereocenters. The maximum atomic E-state index is 10.0. The van der Waals surface area contributed by atoms with Gasteiger partial charge >= 0.3 is 0 Å². The van der Waals surface area contributed by atoms with Gasteiger partial charge in [-0.05, 0) is 20.8 Å². The lowest BCUT2D eigenvalue weighted by atomic mass is 9.88. The molecule has 0 aliphatic carbocycles. The van der Waals surface area contributed by atoms with Crippen molar-refractivity contribution >= 4 is 0 Å². The first-order valence-electron chi connectivity index (χ1n) is 3.44. The van der Waals surface area contributed by atoms with Crippen molar-refractivity contribution in [2.75, 3.05) is 0 Å². The SMILES string of the molecule is CC(N=O)C(C)C(C)(C)O. The summed E-state index contributed by atoms with van der Waals surface area (Å²) in [6, 6.07) is -0.319. The van der Waals surface area contributed by atoms with Gasteiger partial charge in [0.15, 0.2) is 0 Å². The van der Waals surface area contributed by atoms with Crippen LogP contribution in [0.25, 0.3) is 0 Å². The summed E-state index contributed by atoms with van der Waals surface area (Å²) in [5.41, 5.74) is -0.812. The van der Waals surface area contributed by atoms with Crippen molar-refractivity contribution in [3.63, 3.8) is 0 Å². The molecular weight excluding hydrogens is 130 g/mol. The van der Waals surface area contributed by atoms with E-state index >= 15 is 0 Å². The Kier molecular flexibility index (Phi) is 2.96.